The third kappa shape index (κ3) is 3.87. The van der Waals surface area contributed by atoms with Gasteiger partial charge in [-0.05, 0) is 12.1 Å². The van der Waals surface area contributed by atoms with Gasteiger partial charge in [0, 0.05) is 19.1 Å². The number of ether oxygens (including phenoxy) is 1. The molecule has 0 spiro atoms. The van der Waals surface area contributed by atoms with Crippen molar-refractivity contribution in [1.82, 2.24) is 0 Å². The molecule has 0 aliphatic heterocycles. The van der Waals surface area contributed by atoms with Gasteiger partial charge in [-0.1, -0.05) is 0 Å². The molecule has 0 N–H and O–H groups in total. The van der Waals surface area contributed by atoms with Crippen molar-refractivity contribution in [3.8, 4) is 5.75 Å². The van der Waals surface area contributed by atoms with Gasteiger partial charge in [0.1, 0.15) is 5.75 Å². The number of rotatable bonds is 2. The fourth-order valence-corrected chi connectivity index (χ4v) is 0.802. The van der Waals surface area contributed by atoms with E-state index in [9.17, 15) is 14.9 Å². The maximum atomic E-state index is 10.5. The first-order valence-corrected chi connectivity index (χ1v) is 3.52. The predicted molar refractivity (Wildman–Crippen MR) is 45.5 cm³/mol. The molecule has 0 aromatic heterocycles. The molecule has 0 saturated carbocycles. The van der Waals surface area contributed by atoms with E-state index < -0.39 is 10.9 Å². The van der Waals surface area contributed by atoms with E-state index in [-0.39, 0.29) is 36.7 Å². The molecule has 0 amide bonds. The molecule has 0 unspecified atom stereocenters. The molecular weight excluding hydrogens is 197 g/mol. The molecule has 5 nitrogen and oxygen atoms in total. The third-order valence-electron chi connectivity index (χ3n) is 1.31. The number of non-ortho nitro benzene ring substituents is 1. The smallest absolute Gasteiger partial charge is 1.00 e. The van der Waals surface area contributed by atoms with Gasteiger partial charge in [-0.15, -0.1) is 0 Å². The van der Waals surface area contributed by atoms with Crippen LogP contribution in [-0.4, -0.2) is 10.9 Å². The van der Waals surface area contributed by atoms with Crippen molar-refractivity contribution in [2.75, 3.05) is 0 Å². The van der Waals surface area contributed by atoms with Gasteiger partial charge in [-0.2, -0.15) is 0 Å². The van der Waals surface area contributed by atoms with Crippen LogP contribution in [0.25, 0.3) is 0 Å². The van der Waals surface area contributed by atoms with Crippen LogP contribution < -0.4 is 34.3 Å². The number of nitro groups is 1. The first-order chi connectivity index (χ1) is 6.09. The number of hydrogen-bond acceptors (Lipinski definition) is 4. The summed E-state index contributed by atoms with van der Waals surface area (Å²) < 4.78 is 4.69. The molecule has 1 aromatic carbocycles. The summed E-state index contributed by atoms with van der Waals surface area (Å²) in [4.78, 5) is 20.2. The Bertz CT molecular complexity index is 341. The zero-order chi connectivity index (χ0) is 9.84. The zero-order valence-corrected chi connectivity index (χ0v) is 9.89. The average Bonchev–Trinajstić information content (AvgIpc) is 2.04. The van der Waals surface area contributed by atoms with Gasteiger partial charge in [0.2, 0.25) is 0 Å². The largest absolute Gasteiger partial charge is 1.00 e. The van der Waals surface area contributed by atoms with Crippen molar-refractivity contribution in [2.45, 2.75) is 6.92 Å². The molecule has 6 heteroatoms. The standard InChI is InChI=1S/C8H7NO4.Na.H/c1-6(10)13-8-4-2-7(3-5-8)9(11)12;;/h2-5H,1H3;;/q;+1;-1. The van der Waals surface area contributed by atoms with Crippen molar-refractivity contribution < 1.29 is 45.4 Å². The van der Waals surface area contributed by atoms with Crippen LogP contribution in [0.2, 0.25) is 0 Å². The Labute approximate surface area is 104 Å². The van der Waals surface area contributed by atoms with E-state index in [1.165, 1.54) is 31.2 Å². The summed E-state index contributed by atoms with van der Waals surface area (Å²) in [6.45, 7) is 1.27. The summed E-state index contributed by atoms with van der Waals surface area (Å²) in [5, 5.41) is 10.2. The fraction of sp³-hybridized carbons (Fsp3) is 0.125. The van der Waals surface area contributed by atoms with Gasteiger partial charge < -0.3 is 6.16 Å². The summed E-state index contributed by atoms with van der Waals surface area (Å²) in [6, 6.07) is 5.30. The first kappa shape index (κ1) is 13.1. The van der Waals surface area contributed by atoms with Crippen LogP contribution in [0.5, 0.6) is 5.75 Å². The molecule has 0 fully saturated rings. The fourth-order valence-electron chi connectivity index (χ4n) is 0.802. The zero-order valence-electron chi connectivity index (χ0n) is 8.89. The summed E-state index contributed by atoms with van der Waals surface area (Å²) in [7, 11) is 0. The Kier molecular flexibility index (Phi) is 5.37. The van der Waals surface area contributed by atoms with Gasteiger partial charge in [-0.3, -0.25) is 14.9 Å². The third-order valence-corrected chi connectivity index (χ3v) is 1.31. The van der Waals surface area contributed by atoms with E-state index >= 15 is 0 Å². The van der Waals surface area contributed by atoms with Gasteiger partial charge in [0.15, 0.2) is 0 Å². The minimum absolute atomic E-state index is 0. The topological polar surface area (TPSA) is 69.4 Å². The van der Waals surface area contributed by atoms with Crippen LogP contribution in [0.4, 0.5) is 5.69 Å². The molecule has 0 radical (unpaired) electrons. The summed E-state index contributed by atoms with van der Waals surface area (Å²) in [6.07, 6.45) is 0. The van der Waals surface area contributed by atoms with Crippen LogP contribution in [-0.2, 0) is 4.79 Å². The molecule has 0 aliphatic rings. The summed E-state index contributed by atoms with van der Waals surface area (Å²) in [5.74, 6) is -0.146. The Hall–Kier alpha value is -0.910. The van der Waals surface area contributed by atoms with E-state index in [2.05, 4.69) is 4.74 Å². The maximum Gasteiger partial charge on any atom is 1.00 e. The second-order valence-corrected chi connectivity index (χ2v) is 2.34. The summed E-state index contributed by atoms with van der Waals surface area (Å²) in [5.41, 5.74) is -0.0316. The minimum atomic E-state index is -0.516. The van der Waals surface area contributed by atoms with Crippen LogP contribution in [0.1, 0.15) is 8.35 Å². The van der Waals surface area contributed by atoms with Gasteiger partial charge in [-0.25, -0.2) is 0 Å². The number of benzene rings is 1. The van der Waals surface area contributed by atoms with E-state index in [4.69, 9.17) is 0 Å². The van der Waals surface area contributed by atoms with Crippen molar-refractivity contribution in [1.29, 1.82) is 0 Å². The van der Waals surface area contributed by atoms with Gasteiger partial charge in [0.25, 0.3) is 5.69 Å². The van der Waals surface area contributed by atoms with E-state index in [0.717, 1.165) is 0 Å². The number of esters is 1. The van der Waals surface area contributed by atoms with E-state index in [0.29, 0.717) is 5.75 Å². The van der Waals surface area contributed by atoms with Crippen LogP contribution in [0.15, 0.2) is 24.3 Å². The second kappa shape index (κ2) is 5.74. The molecule has 1 rings (SSSR count). The first-order valence-electron chi connectivity index (χ1n) is 3.52. The maximum absolute atomic E-state index is 10.5. The summed E-state index contributed by atoms with van der Waals surface area (Å²) >= 11 is 0. The van der Waals surface area contributed by atoms with Crippen molar-refractivity contribution >= 4 is 11.7 Å². The normalized spacial score (nSPS) is 8.64. The quantitative estimate of drug-likeness (QED) is 0.196. The molecule has 1 aromatic rings. The van der Waals surface area contributed by atoms with Crippen LogP contribution in [0.3, 0.4) is 0 Å². The average molecular weight is 205 g/mol. The SMILES string of the molecule is CC(=O)Oc1ccc([N+](=O)[O-])cc1.[H-].[Na+]. The van der Waals surface area contributed by atoms with Crippen LogP contribution >= 0.6 is 0 Å². The van der Waals surface area contributed by atoms with Crippen molar-refractivity contribution in [2.24, 2.45) is 0 Å². The number of carbonyl (C=O) groups excluding carboxylic acids is 1. The van der Waals surface area contributed by atoms with Crippen molar-refractivity contribution in [3.63, 3.8) is 0 Å². The van der Waals surface area contributed by atoms with Crippen LogP contribution in [0, 0.1) is 10.1 Å². The van der Waals surface area contributed by atoms with Gasteiger partial charge in [0.05, 0.1) is 4.92 Å². The molecule has 0 atom stereocenters. The number of nitro benzene ring substituents is 1. The van der Waals surface area contributed by atoms with Gasteiger partial charge >= 0.3 is 35.5 Å². The number of carbonyl (C=O) groups is 1. The van der Waals surface area contributed by atoms with Crippen molar-refractivity contribution in [3.05, 3.63) is 34.4 Å². The number of hydrogen-bond donors (Lipinski definition) is 0. The Morgan fingerprint density at radius 1 is 1.43 bits per heavy atom. The Morgan fingerprint density at radius 2 is 1.93 bits per heavy atom. The molecule has 14 heavy (non-hydrogen) atoms. The molecular formula is C8H8NNaO4. The van der Waals surface area contributed by atoms with E-state index in [1.807, 2.05) is 0 Å². The number of nitrogens with zero attached hydrogens (tertiary/aromatic N) is 1. The molecule has 0 heterocycles. The predicted octanol–water partition coefficient (Wildman–Crippen LogP) is -1.36. The molecule has 0 aliphatic carbocycles. The van der Waals surface area contributed by atoms with E-state index in [1.54, 1.807) is 0 Å². The Balaban J connectivity index is 0. The second-order valence-electron chi connectivity index (χ2n) is 2.34. The Morgan fingerprint density at radius 3 is 2.29 bits per heavy atom. The molecule has 0 bridgehead atoms. The molecule has 0 saturated heterocycles. The minimum Gasteiger partial charge on any atom is -1.00 e. The monoisotopic (exact) mass is 205 g/mol. The molecule has 70 valence electrons.